The normalized spacial score (nSPS) is 35.2. The van der Waals surface area contributed by atoms with Gasteiger partial charge in [0.25, 0.3) is 0 Å². The van der Waals surface area contributed by atoms with Gasteiger partial charge in [0, 0.05) is 31.7 Å². The monoisotopic (exact) mass is 331 g/mol. The summed E-state index contributed by atoms with van der Waals surface area (Å²) >= 11 is 0. The van der Waals surface area contributed by atoms with E-state index in [0.717, 1.165) is 12.5 Å². The predicted molar refractivity (Wildman–Crippen MR) is 93.3 cm³/mol. The minimum atomic E-state index is 0.0695. The summed E-state index contributed by atoms with van der Waals surface area (Å²) in [6.07, 6.45) is 2.81. The van der Waals surface area contributed by atoms with E-state index < -0.39 is 0 Å². The third kappa shape index (κ3) is 2.56. The van der Waals surface area contributed by atoms with Crippen molar-refractivity contribution in [1.82, 2.24) is 4.90 Å². The molecule has 4 rings (SSSR count). The van der Waals surface area contributed by atoms with Gasteiger partial charge in [0.15, 0.2) is 0 Å². The van der Waals surface area contributed by atoms with E-state index in [0.29, 0.717) is 30.9 Å². The van der Waals surface area contributed by atoms with Gasteiger partial charge in [-0.3, -0.25) is 4.90 Å². The maximum absolute atomic E-state index is 10.1. The zero-order valence-electron chi connectivity index (χ0n) is 15.0. The Hall–Kier alpha value is -1.10. The number of benzene rings is 1. The molecule has 1 aromatic carbocycles. The number of hydrogen-bond acceptors (Lipinski definition) is 4. The zero-order valence-corrected chi connectivity index (χ0v) is 15.0. The van der Waals surface area contributed by atoms with Crippen molar-refractivity contribution >= 4 is 0 Å². The predicted octanol–water partition coefficient (Wildman–Crippen LogP) is 3.10. The minimum Gasteiger partial charge on any atom is -0.508 e. The van der Waals surface area contributed by atoms with Crippen molar-refractivity contribution in [2.75, 3.05) is 33.4 Å². The van der Waals surface area contributed by atoms with Crippen LogP contribution >= 0.6 is 0 Å². The molecule has 132 valence electrons. The van der Waals surface area contributed by atoms with Gasteiger partial charge in [0.1, 0.15) is 5.75 Å². The molecule has 1 aromatic rings. The third-order valence-corrected chi connectivity index (χ3v) is 6.51. The van der Waals surface area contributed by atoms with Gasteiger partial charge in [0.2, 0.25) is 0 Å². The SMILES string of the molecule is COCCO[C@@H]1c2ccc(O)cc2[C@]2(C)CN(CC3CC3)[C@H]1[C@@H]2C. The van der Waals surface area contributed by atoms with Crippen LogP contribution < -0.4 is 0 Å². The summed E-state index contributed by atoms with van der Waals surface area (Å²) in [7, 11) is 1.71. The van der Waals surface area contributed by atoms with Crippen LogP contribution in [0.1, 0.15) is 43.9 Å². The fourth-order valence-electron chi connectivity index (χ4n) is 4.88. The zero-order chi connectivity index (χ0) is 16.9. The lowest BCUT2D eigenvalue weighted by Gasteiger charge is -2.42. The highest BCUT2D eigenvalue weighted by Crippen LogP contribution is 2.55. The molecule has 1 N–H and O–H groups in total. The van der Waals surface area contributed by atoms with Crippen molar-refractivity contribution < 1.29 is 14.6 Å². The molecule has 2 fully saturated rings. The summed E-state index contributed by atoms with van der Waals surface area (Å²) in [5.74, 6) is 1.74. The number of phenolic OH excluding ortho intramolecular Hbond substituents is 1. The highest BCUT2D eigenvalue weighted by atomic mass is 16.5. The van der Waals surface area contributed by atoms with E-state index in [-0.39, 0.29) is 11.5 Å². The standard InChI is InChI=1S/C20H29NO3/c1-13-18-19(24-9-8-23-3)16-7-6-15(22)10-17(16)20(13,2)12-21(18)11-14-4-5-14/h6-7,10,13-14,18-19,22H,4-5,8-9,11-12H2,1-3H3/t13-,18-,19+,20+/m0/s1. The minimum absolute atomic E-state index is 0.0695. The Balaban J connectivity index is 1.71. The molecule has 24 heavy (non-hydrogen) atoms. The van der Waals surface area contributed by atoms with E-state index >= 15 is 0 Å². The van der Waals surface area contributed by atoms with E-state index in [1.165, 1.54) is 30.5 Å². The molecule has 1 heterocycles. The fraction of sp³-hybridized carbons (Fsp3) is 0.700. The molecule has 2 aliphatic carbocycles. The number of fused-ring (bicyclic) bond motifs is 4. The molecule has 0 unspecified atom stereocenters. The summed E-state index contributed by atoms with van der Waals surface area (Å²) in [5.41, 5.74) is 2.62. The van der Waals surface area contributed by atoms with Gasteiger partial charge in [-0.15, -0.1) is 0 Å². The molecular weight excluding hydrogens is 302 g/mol. The molecule has 1 saturated carbocycles. The van der Waals surface area contributed by atoms with Gasteiger partial charge < -0.3 is 14.6 Å². The number of likely N-dealkylation sites (tertiary alicyclic amines) is 1. The van der Waals surface area contributed by atoms with Crippen LogP contribution in [-0.4, -0.2) is 49.5 Å². The molecule has 1 aliphatic heterocycles. The second-order valence-corrected chi connectivity index (χ2v) is 8.13. The molecule has 0 aromatic heterocycles. The van der Waals surface area contributed by atoms with Gasteiger partial charge >= 0.3 is 0 Å². The Kier molecular flexibility index (Phi) is 4.10. The molecule has 1 saturated heterocycles. The van der Waals surface area contributed by atoms with Crippen LogP contribution in [0.25, 0.3) is 0 Å². The van der Waals surface area contributed by atoms with E-state index in [1.807, 2.05) is 6.07 Å². The average molecular weight is 331 g/mol. The maximum Gasteiger partial charge on any atom is 0.115 e. The lowest BCUT2D eigenvalue weighted by atomic mass is 9.65. The van der Waals surface area contributed by atoms with Gasteiger partial charge in [0.05, 0.1) is 19.3 Å². The van der Waals surface area contributed by atoms with Crippen LogP contribution in [-0.2, 0) is 14.9 Å². The quantitative estimate of drug-likeness (QED) is 0.814. The first-order valence-electron chi connectivity index (χ1n) is 9.22. The molecule has 0 amide bonds. The van der Waals surface area contributed by atoms with Crippen LogP contribution in [0.3, 0.4) is 0 Å². The Labute approximate surface area is 144 Å². The lowest BCUT2D eigenvalue weighted by molar-refractivity contribution is -0.0386. The van der Waals surface area contributed by atoms with E-state index in [1.54, 1.807) is 13.2 Å². The van der Waals surface area contributed by atoms with Crippen molar-refractivity contribution in [3.05, 3.63) is 29.3 Å². The molecule has 4 nitrogen and oxygen atoms in total. The summed E-state index contributed by atoms with van der Waals surface area (Å²) < 4.78 is 11.5. The van der Waals surface area contributed by atoms with Crippen LogP contribution in [0.2, 0.25) is 0 Å². The summed E-state index contributed by atoms with van der Waals surface area (Å²) in [6, 6.07) is 6.26. The highest BCUT2D eigenvalue weighted by molar-refractivity contribution is 5.47. The maximum atomic E-state index is 10.1. The second kappa shape index (κ2) is 6.01. The average Bonchev–Trinajstić information content (AvgIpc) is 3.33. The van der Waals surface area contributed by atoms with Crippen LogP contribution in [0, 0.1) is 11.8 Å². The first kappa shape index (κ1) is 16.4. The summed E-state index contributed by atoms with van der Waals surface area (Å²) in [4.78, 5) is 2.66. The summed E-state index contributed by atoms with van der Waals surface area (Å²) in [6.45, 7) is 8.20. The van der Waals surface area contributed by atoms with E-state index in [9.17, 15) is 5.11 Å². The largest absolute Gasteiger partial charge is 0.508 e. The number of methoxy groups -OCH3 is 1. The number of rotatable bonds is 6. The van der Waals surface area contributed by atoms with Crippen LogP contribution in [0.4, 0.5) is 0 Å². The van der Waals surface area contributed by atoms with Crippen molar-refractivity contribution in [3.63, 3.8) is 0 Å². The summed E-state index contributed by atoms with van der Waals surface area (Å²) in [5, 5.41) is 10.1. The smallest absolute Gasteiger partial charge is 0.115 e. The molecule has 2 bridgehead atoms. The van der Waals surface area contributed by atoms with Gasteiger partial charge in [-0.2, -0.15) is 0 Å². The van der Waals surface area contributed by atoms with Crippen LogP contribution in [0.5, 0.6) is 5.75 Å². The number of aromatic hydroxyl groups is 1. The first-order valence-corrected chi connectivity index (χ1v) is 9.22. The van der Waals surface area contributed by atoms with Gasteiger partial charge in [-0.1, -0.05) is 19.9 Å². The second-order valence-electron chi connectivity index (χ2n) is 8.13. The number of nitrogens with zero attached hydrogens (tertiary/aromatic N) is 1. The first-order chi connectivity index (χ1) is 11.5. The topological polar surface area (TPSA) is 41.9 Å². The van der Waals surface area contributed by atoms with E-state index in [4.69, 9.17) is 9.47 Å². The fourth-order valence-corrected chi connectivity index (χ4v) is 4.88. The molecule has 0 radical (unpaired) electrons. The molecule has 3 aliphatic rings. The van der Waals surface area contributed by atoms with Gasteiger partial charge in [-0.25, -0.2) is 0 Å². The molecular formula is C20H29NO3. The van der Waals surface area contributed by atoms with E-state index in [2.05, 4.69) is 24.8 Å². The van der Waals surface area contributed by atoms with Gasteiger partial charge in [-0.05, 0) is 47.9 Å². The Morgan fingerprint density at radius 2 is 2.08 bits per heavy atom. The molecule has 0 spiro atoms. The Morgan fingerprint density at radius 1 is 1.29 bits per heavy atom. The Bertz CT molecular complexity index is 615. The number of ether oxygens (including phenoxy) is 2. The lowest BCUT2D eigenvalue weighted by Crippen LogP contribution is -2.43. The van der Waals surface area contributed by atoms with Crippen molar-refractivity contribution in [3.8, 4) is 5.75 Å². The van der Waals surface area contributed by atoms with Crippen LogP contribution in [0.15, 0.2) is 18.2 Å². The highest BCUT2D eigenvalue weighted by Gasteiger charge is 2.57. The Morgan fingerprint density at radius 3 is 2.79 bits per heavy atom. The third-order valence-electron chi connectivity index (χ3n) is 6.51. The molecule has 4 heteroatoms. The number of phenols is 1. The van der Waals surface area contributed by atoms with Crippen molar-refractivity contribution in [2.45, 2.75) is 44.2 Å². The molecule has 4 atom stereocenters. The van der Waals surface area contributed by atoms with Crippen molar-refractivity contribution in [1.29, 1.82) is 0 Å². The van der Waals surface area contributed by atoms with Crippen molar-refractivity contribution in [2.24, 2.45) is 11.8 Å². The number of hydrogen-bond donors (Lipinski definition) is 1.